The molecular weight excluding hydrogens is 411 g/mol. The smallest absolute Gasteiger partial charge is 0.408 e. The number of benzene rings is 2. The predicted octanol–water partition coefficient (Wildman–Crippen LogP) is 4.36. The molecule has 3 aromatic rings. The molecule has 0 aliphatic carbocycles. The summed E-state index contributed by atoms with van der Waals surface area (Å²) in [5, 5.41) is 2.90. The molecule has 10 heteroatoms. The lowest BCUT2D eigenvalue weighted by molar-refractivity contribution is -0.137. The van der Waals surface area contributed by atoms with Crippen molar-refractivity contribution in [3.63, 3.8) is 0 Å². The first-order valence-corrected chi connectivity index (χ1v) is 8.91. The number of halogens is 4. The van der Waals surface area contributed by atoms with Crippen LogP contribution in [0.1, 0.15) is 12.0 Å². The fraction of sp³-hybridized carbons (Fsp3) is 0.263. The Hall–Kier alpha value is -2.94. The first-order chi connectivity index (χ1) is 13.6. The quantitative estimate of drug-likeness (QED) is 0.657. The summed E-state index contributed by atoms with van der Waals surface area (Å²) in [6, 6.07) is 7.79. The topological polar surface area (TPSA) is 67.5 Å². The monoisotopic (exact) mass is 427 g/mol. The molecule has 0 aliphatic heterocycles. The van der Waals surface area contributed by atoms with E-state index in [0.29, 0.717) is 16.2 Å². The SMILES string of the molecule is CN(C)c1ccc(C(F)(F)F)cc1NC(=O)CCn1c(=O)oc2cc(Cl)ccc21. The Kier molecular flexibility index (Phi) is 5.61. The van der Waals surface area contributed by atoms with Crippen molar-refractivity contribution >= 4 is 40.0 Å². The van der Waals surface area contributed by atoms with E-state index in [2.05, 4.69) is 5.32 Å². The Morgan fingerprint density at radius 1 is 1.21 bits per heavy atom. The number of hydrogen-bond acceptors (Lipinski definition) is 4. The summed E-state index contributed by atoms with van der Waals surface area (Å²) in [4.78, 5) is 26.0. The molecule has 0 bridgehead atoms. The summed E-state index contributed by atoms with van der Waals surface area (Å²) in [6.07, 6.45) is -4.67. The molecule has 1 N–H and O–H groups in total. The van der Waals surface area contributed by atoms with Crippen LogP contribution in [0.25, 0.3) is 11.1 Å². The molecule has 1 aromatic heterocycles. The Balaban J connectivity index is 1.79. The second kappa shape index (κ2) is 7.82. The van der Waals surface area contributed by atoms with E-state index in [4.69, 9.17) is 16.0 Å². The Morgan fingerprint density at radius 3 is 2.59 bits per heavy atom. The number of oxazole rings is 1. The molecular formula is C19H17ClF3N3O3. The lowest BCUT2D eigenvalue weighted by Crippen LogP contribution is -2.21. The van der Waals surface area contributed by atoms with E-state index in [1.165, 1.54) is 16.7 Å². The Morgan fingerprint density at radius 2 is 1.93 bits per heavy atom. The zero-order valence-corrected chi connectivity index (χ0v) is 16.3. The fourth-order valence-corrected chi connectivity index (χ4v) is 3.04. The molecule has 2 aromatic carbocycles. The summed E-state index contributed by atoms with van der Waals surface area (Å²) < 4.78 is 45.4. The molecule has 0 atom stereocenters. The highest BCUT2D eigenvalue weighted by Crippen LogP contribution is 2.35. The molecule has 0 unspecified atom stereocenters. The maximum absolute atomic E-state index is 13.0. The molecule has 154 valence electrons. The maximum Gasteiger partial charge on any atom is 0.419 e. The number of nitrogens with one attached hydrogen (secondary N) is 1. The second-order valence-corrected chi connectivity index (χ2v) is 6.99. The van der Waals surface area contributed by atoms with Crippen LogP contribution in [0.5, 0.6) is 0 Å². The predicted molar refractivity (Wildman–Crippen MR) is 105 cm³/mol. The second-order valence-electron chi connectivity index (χ2n) is 6.55. The molecule has 1 amide bonds. The van der Waals surface area contributed by atoms with Gasteiger partial charge in [-0.05, 0) is 30.3 Å². The minimum absolute atomic E-state index is 0.00441. The zero-order valence-electron chi connectivity index (χ0n) is 15.5. The summed E-state index contributed by atoms with van der Waals surface area (Å²) in [5.74, 6) is -1.19. The van der Waals surface area contributed by atoms with Gasteiger partial charge < -0.3 is 14.6 Å². The van der Waals surface area contributed by atoms with Crippen molar-refractivity contribution in [3.05, 3.63) is 57.5 Å². The highest BCUT2D eigenvalue weighted by atomic mass is 35.5. The van der Waals surface area contributed by atoms with Gasteiger partial charge in [-0.3, -0.25) is 9.36 Å². The number of carbonyl (C=O) groups excluding carboxylic acids is 1. The van der Waals surface area contributed by atoms with Crippen molar-refractivity contribution in [2.45, 2.75) is 19.1 Å². The van der Waals surface area contributed by atoms with Crippen LogP contribution in [0.2, 0.25) is 5.02 Å². The molecule has 1 heterocycles. The van der Waals surface area contributed by atoms with Crippen molar-refractivity contribution in [2.24, 2.45) is 0 Å². The number of carbonyl (C=O) groups is 1. The molecule has 0 spiro atoms. The molecule has 3 rings (SSSR count). The Bertz CT molecular complexity index is 1120. The van der Waals surface area contributed by atoms with Gasteiger partial charge in [-0.2, -0.15) is 13.2 Å². The van der Waals surface area contributed by atoms with E-state index < -0.39 is 23.4 Å². The third-order valence-electron chi connectivity index (χ3n) is 4.27. The number of aryl methyl sites for hydroxylation is 1. The lowest BCUT2D eigenvalue weighted by Gasteiger charge is -2.19. The van der Waals surface area contributed by atoms with Gasteiger partial charge in [0.05, 0.1) is 22.5 Å². The van der Waals surface area contributed by atoms with Crippen LogP contribution in [0.15, 0.2) is 45.6 Å². The third kappa shape index (κ3) is 4.56. The van der Waals surface area contributed by atoms with Gasteiger partial charge >= 0.3 is 11.9 Å². The van der Waals surface area contributed by atoms with Gasteiger partial charge in [-0.15, -0.1) is 0 Å². The van der Waals surface area contributed by atoms with Crippen LogP contribution >= 0.6 is 11.6 Å². The van der Waals surface area contributed by atoms with Crippen LogP contribution in [0.4, 0.5) is 24.5 Å². The van der Waals surface area contributed by atoms with Gasteiger partial charge in [0.2, 0.25) is 5.91 Å². The van der Waals surface area contributed by atoms with E-state index in [1.54, 1.807) is 31.1 Å². The molecule has 29 heavy (non-hydrogen) atoms. The first kappa shape index (κ1) is 20.8. The average Bonchev–Trinajstić information content (AvgIpc) is 2.93. The number of alkyl halides is 3. The lowest BCUT2D eigenvalue weighted by atomic mass is 10.1. The van der Waals surface area contributed by atoms with Crippen LogP contribution < -0.4 is 16.0 Å². The normalized spacial score (nSPS) is 11.7. The van der Waals surface area contributed by atoms with Crippen molar-refractivity contribution in [1.29, 1.82) is 0 Å². The largest absolute Gasteiger partial charge is 0.419 e. The number of rotatable bonds is 5. The van der Waals surface area contributed by atoms with E-state index >= 15 is 0 Å². The molecule has 0 fully saturated rings. The third-order valence-corrected chi connectivity index (χ3v) is 4.51. The number of anilines is 2. The van der Waals surface area contributed by atoms with Gasteiger partial charge in [0.15, 0.2) is 5.58 Å². The van der Waals surface area contributed by atoms with Crippen LogP contribution in [-0.4, -0.2) is 24.6 Å². The number of hydrogen-bond donors (Lipinski definition) is 1. The van der Waals surface area contributed by atoms with E-state index in [9.17, 15) is 22.8 Å². The minimum Gasteiger partial charge on any atom is -0.408 e. The Labute approximate surface area is 168 Å². The van der Waals surface area contributed by atoms with Crippen LogP contribution in [0, 0.1) is 0 Å². The van der Waals surface area contributed by atoms with Gasteiger partial charge in [0.1, 0.15) is 0 Å². The van der Waals surface area contributed by atoms with Gasteiger partial charge in [0, 0.05) is 38.1 Å². The minimum atomic E-state index is -4.53. The molecule has 0 saturated heterocycles. The van der Waals surface area contributed by atoms with E-state index in [0.717, 1.165) is 12.1 Å². The van der Waals surface area contributed by atoms with Crippen molar-refractivity contribution in [3.8, 4) is 0 Å². The van der Waals surface area contributed by atoms with E-state index in [1.807, 2.05) is 0 Å². The fourth-order valence-electron chi connectivity index (χ4n) is 2.88. The summed E-state index contributed by atoms with van der Waals surface area (Å²) in [7, 11) is 3.31. The van der Waals surface area contributed by atoms with Crippen LogP contribution in [0.3, 0.4) is 0 Å². The number of amides is 1. The first-order valence-electron chi connectivity index (χ1n) is 8.53. The van der Waals surface area contributed by atoms with Crippen molar-refractivity contribution < 1.29 is 22.4 Å². The standard InChI is InChI=1S/C19H17ClF3N3O3/c1-25(2)14-5-3-11(19(21,22)23)9-13(14)24-17(27)7-8-26-15-6-4-12(20)10-16(15)29-18(26)28/h3-6,9-10H,7-8H2,1-2H3,(H,24,27). The molecule has 6 nitrogen and oxygen atoms in total. The van der Waals surface area contributed by atoms with Crippen molar-refractivity contribution in [1.82, 2.24) is 4.57 Å². The number of fused-ring (bicyclic) bond motifs is 1. The van der Waals surface area contributed by atoms with Crippen LogP contribution in [-0.2, 0) is 17.5 Å². The highest BCUT2D eigenvalue weighted by molar-refractivity contribution is 6.31. The molecule has 0 aliphatic rings. The van der Waals surface area contributed by atoms with Gasteiger partial charge in [-0.1, -0.05) is 11.6 Å². The number of nitrogens with zero attached hydrogens (tertiary/aromatic N) is 2. The molecule has 0 saturated carbocycles. The van der Waals surface area contributed by atoms with E-state index in [-0.39, 0.29) is 24.2 Å². The molecule has 0 radical (unpaired) electrons. The van der Waals surface area contributed by atoms with Gasteiger partial charge in [0.25, 0.3) is 0 Å². The zero-order chi connectivity index (χ0) is 21.3. The summed E-state index contributed by atoms with van der Waals surface area (Å²) >= 11 is 5.86. The summed E-state index contributed by atoms with van der Waals surface area (Å²) in [5.41, 5.74) is 0.348. The maximum atomic E-state index is 13.0. The average molecular weight is 428 g/mol. The number of aromatic nitrogens is 1. The van der Waals surface area contributed by atoms with Gasteiger partial charge in [-0.25, -0.2) is 4.79 Å². The van der Waals surface area contributed by atoms with Crippen molar-refractivity contribution in [2.75, 3.05) is 24.3 Å². The highest BCUT2D eigenvalue weighted by Gasteiger charge is 2.31. The summed E-state index contributed by atoms with van der Waals surface area (Å²) in [6.45, 7) is -0.00441.